The highest BCUT2D eigenvalue weighted by molar-refractivity contribution is 5.91. The van der Waals surface area contributed by atoms with Gasteiger partial charge in [0.1, 0.15) is 0 Å². The van der Waals surface area contributed by atoms with Crippen LogP contribution in [0.5, 0.6) is 0 Å². The van der Waals surface area contributed by atoms with E-state index in [0.29, 0.717) is 12.5 Å². The van der Waals surface area contributed by atoms with E-state index < -0.39 is 0 Å². The van der Waals surface area contributed by atoms with Crippen molar-refractivity contribution in [3.05, 3.63) is 17.5 Å². The van der Waals surface area contributed by atoms with Crippen molar-refractivity contribution in [2.75, 3.05) is 11.9 Å². The molecule has 94 valence electrons. The highest BCUT2D eigenvalue weighted by Crippen LogP contribution is 2.09. The van der Waals surface area contributed by atoms with Gasteiger partial charge >= 0.3 is 0 Å². The lowest BCUT2D eigenvalue weighted by Gasteiger charge is -2.13. The van der Waals surface area contributed by atoms with Gasteiger partial charge in [0.15, 0.2) is 0 Å². The average molecular weight is 236 g/mol. The minimum absolute atomic E-state index is 0.0978. The van der Waals surface area contributed by atoms with Crippen molar-refractivity contribution in [2.45, 2.75) is 33.6 Å². The summed E-state index contributed by atoms with van der Waals surface area (Å²) in [5, 5.41) is 2.72. The number of carbonyl (C=O) groups excluding carboxylic acids is 1. The van der Waals surface area contributed by atoms with Crippen LogP contribution in [0.1, 0.15) is 31.2 Å². The molecule has 17 heavy (non-hydrogen) atoms. The van der Waals surface area contributed by atoms with E-state index in [1.54, 1.807) is 0 Å². The summed E-state index contributed by atoms with van der Waals surface area (Å²) in [6, 6.07) is 1.86. The molecule has 0 aromatic carbocycles. The molecule has 0 saturated heterocycles. The van der Waals surface area contributed by atoms with Gasteiger partial charge in [0, 0.05) is 17.9 Å². The topological polar surface area (TPSA) is 80.9 Å². The van der Waals surface area contributed by atoms with Gasteiger partial charge in [-0.05, 0) is 26.3 Å². The first kappa shape index (κ1) is 13.6. The highest BCUT2D eigenvalue weighted by atomic mass is 16.2. The molecule has 0 saturated carbocycles. The summed E-state index contributed by atoms with van der Waals surface area (Å²) >= 11 is 0. The molecular weight excluding hydrogens is 216 g/mol. The molecule has 0 bridgehead atoms. The van der Waals surface area contributed by atoms with Gasteiger partial charge < -0.3 is 5.73 Å². The summed E-state index contributed by atoms with van der Waals surface area (Å²) in [6.07, 6.45) is 1.72. The van der Waals surface area contributed by atoms with Gasteiger partial charge in [0.2, 0.25) is 11.9 Å². The minimum Gasteiger partial charge on any atom is -0.330 e. The molecule has 1 unspecified atom stereocenters. The van der Waals surface area contributed by atoms with Crippen LogP contribution in [0.25, 0.3) is 0 Å². The molecule has 0 aliphatic heterocycles. The Labute approximate surface area is 102 Å². The number of aryl methyl sites for hydroxylation is 2. The minimum atomic E-state index is -0.163. The van der Waals surface area contributed by atoms with Crippen LogP contribution in [0, 0.1) is 19.8 Å². The number of nitrogens with two attached hydrogens (primary N) is 1. The van der Waals surface area contributed by atoms with Crippen molar-refractivity contribution in [1.29, 1.82) is 0 Å². The van der Waals surface area contributed by atoms with E-state index in [4.69, 9.17) is 5.73 Å². The molecule has 0 radical (unpaired) electrons. The lowest BCUT2D eigenvalue weighted by atomic mass is 10.0. The number of aromatic nitrogens is 2. The fourth-order valence-electron chi connectivity index (χ4n) is 1.70. The Morgan fingerprint density at radius 2 is 2.00 bits per heavy atom. The molecule has 1 atom stereocenters. The maximum absolute atomic E-state index is 11.9. The summed E-state index contributed by atoms with van der Waals surface area (Å²) in [7, 11) is 0. The van der Waals surface area contributed by atoms with Gasteiger partial charge in [-0.15, -0.1) is 0 Å². The number of nitrogens with zero attached hydrogens (tertiary/aromatic N) is 2. The predicted octanol–water partition coefficient (Wildman–Crippen LogP) is 1.41. The zero-order valence-corrected chi connectivity index (χ0v) is 10.7. The monoisotopic (exact) mass is 236 g/mol. The molecule has 0 aliphatic rings. The Balaban J connectivity index is 2.72. The molecule has 1 amide bonds. The molecule has 0 fully saturated rings. The van der Waals surface area contributed by atoms with Gasteiger partial charge in [-0.3, -0.25) is 10.1 Å². The Morgan fingerprint density at radius 1 is 1.41 bits per heavy atom. The van der Waals surface area contributed by atoms with Crippen LogP contribution in [-0.2, 0) is 4.79 Å². The van der Waals surface area contributed by atoms with Crippen LogP contribution < -0.4 is 11.1 Å². The van der Waals surface area contributed by atoms with Crippen molar-refractivity contribution < 1.29 is 4.79 Å². The van der Waals surface area contributed by atoms with Crippen molar-refractivity contribution in [3.8, 4) is 0 Å². The number of hydrogen-bond donors (Lipinski definition) is 2. The van der Waals surface area contributed by atoms with Gasteiger partial charge in [-0.2, -0.15) is 0 Å². The summed E-state index contributed by atoms with van der Waals surface area (Å²) in [5.41, 5.74) is 7.25. The molecule has 5 nitrogen and oxygen atoms in total. The number of amides is 1. The second kappa shape index (κ2) is 6.30. The second-order valence-electron chi connectivity index (χ2n) is 4.18. The summed E-state index contributed by atoms with van der Waals surface area (Å²) in [5.74, 6) is 0.103. The Kier molecular flexibility index (Phi) is 5.03. The Hall–Kier alpha value is -1.49. The average Bonchev–Trinajstić information content (AvgIpc) is 2.24. The van der Waals surface area contributed by atoms with Crippen LogP contribution in [0.4, 0.5) is 5.95 Å². The molecule has 0 aliphatic carbocycles. The van der Waals surface area contributed by atoms with E-state index >= 15 is 0 Å². The third-order valence-electron chi connectivity index (χ3n) is 2.51. The van der Waals surface area contributed by atoms with Gasteiger partial charge in [-0.1, -0.05) is 13.3 Å². The van der Waals surface area contributed by atoms with Crippen LogP contribution in [-0.4, -0.2) is 22.4 Å². The lowest BCUT2D eigenvalue weighted by molar-refractivity contribution is -0.119. The van der Waals surface area contributed by atoms with Crippen molar-refractivity contribution in [2.24, 2.45) is 11.7 Å². The Morgan fingerprint density at radius 3 is 2.47 bits per heavy atom. The summed E-state index contributed by atoms with van der Waals surface area (Å²) < 4.78 is 0. The molecule has 1 rings (SSSR count). The molecule has 1 aromatic rings. The summed E-state index contributed by atoms with van der Waals surface area (Å²) in [6.45, 7) is 6.13. The molecule has 3 N–H and O–H groups in total. The SMILES string of the molecule is CCCC(CN)C(=O)Nc1nc(C)cc(C)n1. The highest BCUT2D eigenvalue weighted by Gasteiger charge is 2.16. The normalized spacial score (nSPS) is 12.2. The number of hydrogen-bond acceptors (Lipinski definition) is 4. The quantitative estimate of drug-likeness (QED) is 0.810. The van der Waals surface area contributed by atoms with E-state index in [0.717, 1.165) is 24.2 Å². The zero-order valence-electron chi connectivity index (χ0n) is 10.7. The van der Waals surface area contributed by atoms with Crippen LogP contribution >= 0.6 is 0 Å². The third kappa shape index (κ3) is 4.11. The molecule has 0 spiro atoms. The number of nitrogens with one attached hydrogen (secondary N) is 1. The summed E-state index contributed by atoms with van der Waals surface area (Å²) in [4.78, 5) is 20.2. The lowest BCUT2D eigenvalue weighted by Crippen LogP contribution is -2.29. The first-order valence-corrected chi connectivity index (χ1v) is 5.90. The van der Waals surface area contributed by atoms with E-state index in [2.05, 4.69) is 15.3 Å². The predicted molar refractivity (Wildman–Crippen MR) is 67.6 cm³/mol. The second-order valence-corrected chi connectivity index (χ2v) is 4.18. The molecular formula is C12H20N4O. The third-order valence-corrected chi connectivity index (χ3v) is 2.51. The largest absolute Gasteiger partial charge is 0.330 e. The number of anilines is 1. The standard InChI is InChI=1S/C12H20N4O/c1-4-5-10(7-13)11(17)16-12-14-8(2)6-9(3)15-12/h6,10H,4-5,7,13H2,1-3H3,(H,14,15,16,17). The smallest absolute Gasteiger partial charge is 0.231 e. The van der Waals surface area contributed by atoms with Crippen molar-refractivity contribution in [3.63, 3.8) is 0 Å². The molecule has 1 heterocycles. The van der Waals surface area contributed by atoms with E-state index in [-0.39, 0.29) is 11.8 Å². The fourth-order valence-corrected chi connectivity index (χ4v) is 1.70. The molecule has 1 aromatic heterocycles. The first-order valence-electron chi connectivity index (χ1n) is 5.90. The van der Waals surface area contributed by atoms with E-state index in [1.165, 1.54) is 0 Å². The van der Waals surface area contributed by atoms with Crippen LogP contribution in [0.3, 0.4) is 0 Å². The zero-order chi connectivity index (χ0) is 12.8. The van der Waals surface area contributed by atoms with Gasteiger partial charge in [-0.25, -0.2) is 9.97 Å². The number of rotatable bonds is 5. The maximum atomic E-state index is 11.9. The Bertz CT molecular complexity index is 372. The first-order chi connectivity index (χ1) is 8.06. The van der Waals surface area contributed by atoms with E-state index in [1.807, 2.05) is 26.8 Å². The van der Waals surface area contributed by atoms with Crippen LogP contribution in [0.2, 0.25) is 0 Å². The van der Waals surface area contributed by atoms with Crippen molar-refractivity contribution in [1.82, 2.24) is 9.97 Å². The van der Waals surface area contributed by atoms with Gasteiger partial charge in [0.25, 0.3) is 0 Å². The number of carbonyl (C=O) groups is 1. The van der Waals surface area contributed by atoms with Gasteiger partial charge in [0.05, 0.1) is 5.92 Å². The fraction of sp³-hybridized carbons (Fsp3) is 0.583. The van der Waals surface area contributed by atoms with E-state index in [9.17, 15) is 4.79 Å². The molecule has 5 heteroatoms. The van der Waals surface area contributed by atoms with Crippen LogP contribution in [0.15, 0.2) is 6.07 Å². The maximum Gasteiger partial charge on any atom is 0.231 e. The van der Waals surface area contributed by atoms with Crippen molar-refractivity contribution >= 4 is 11.9 Å².